The van der Waals surface area contributed by atoms with E-state index in [0.29, 0.717) is 5.69 Å². The normalized spacial score (nSPS) is 14.2. The molecule has 0 bridgehead atoms. The van der Waals surface area contributed by atoms with Crippen LogP contribution in [0.2, 0.25) is 0 Å². The molecule has 4 atom stereocenters. The molecule has 0 fully saturated rings. The zero-order chi connectivity index (χ0) is 25.1. The highest BCUT2D eigenvalue weighted by atomic mass is 16.4. The van der Waals surface area contributed by atoms with E-state index in [9.17, 15) is 33.9 Å². The Morgan fingerprint density at radius 1 is 0.970 bits per heavy atom. The molecule has 1 rings (SSSR count). The number of carbonyl (C=O) groups is 6. The maximum absolute atomic E-state index is 12.6. The van der Waals surface area contributed by atoms with E-state index in [1.54, 1.807) is 0 Å². The van der Waals surface area contributed by atoms with Crippen LogP contribution in [0.1, 0.15) is 31.9 Å². The average Bonchev–Trinajstić information content (AvgIpc) is 3.22. The molecule has 1 heterocycles. The number of hydrogen-bond acceptors (Lipinski definition) is 8. The standard InChI is InChI=1S/C18H26N6O9/c1-8(22-16(30)10(19)5-14(27)28)15(29)23-11(2-3-13(25)26)17(31)24-12(18(32)33)4-9-6-20-7-21-9/h6-8,10-12H,2-5,19H2,1H3,(H,20,21)(H,22,30)(H,23,29)(H,24,31)(H,25,26)(H,27,28)(H,32,33). The van der Waals surface area contributed by atoms with Gasteiger partial charge in [-0.3, -0.25) is 24.0 Å². The lowest BCUT2D eigenvalue weighted by molar-refractivity contribution is -0.143. The Kier molecular flexibility index (Phi) is 10.4. The molecule has 0 aromatic carbocycles. The second-order valence-electron chi connectivity index (χ2n) is 7.11. The fraction of sp³-hybridized carbons (Fsp3) is 0.500. The van der Waals surface area contributed by atoms with E-state index < -0.39 is 72.6 Å². The lowest BCUT2D eigenvalue weighted by Crippen LogP contribution is -2.56. The number of aromatic amines is 1. The van der Waals surface area contributed by atoms with Crippen LogP contribution in [0.5, 0.6) is 0 Å². The average molecular weight is 470 g/mol. The zero-order valence-electron chi connectivity index (χ0n) is 17.6. The topological polar surface area (TPSA) is 254 Å². The minimum Gasteiger partial charge on any atom is -0.481 e. The van der Waals surface area contributed by atoms with Gasteiger partial charge in [0.2, 0.25) is 17.7 Å². The van der Waals surface area contributed by atoms with Crippen molar-refractivity contribution >= 4 is 35.6 Å². The van der Waals surface area contributed by atoms with Crippen LogP contribution < -0.4 is 21.7 Å². The summed E-state index contributed by atoms with van der Waals surface area (Å²) in [5, 5.41) is 33.6. The molecular weight excluding hydrogens is 444 g/mol. The molecule has 1 aromatic heterocycles. The number of rotatable bonds is 14. The largest absolute Gasteiger partial charge is 0.481 e. The number of amides is 3. The fourth-order valence-corrected chi connectivity index (χ4v) is 2.59. The Balaban J connectivity index is 2.83. The van der Waals surface area contributed by atoms with Crippen molar-refractivity contribution in [3.63, 3.8) is 0 Å². The molecule has 4 unspecified atom stereocenters. The van der Waals surface area contributed by atoms with Crippen LogP contribution in [0.15, 0.2) is 12.5 Å². The van der Waals surface area contributed by atoms with Gasteiger partial charge in [-0.1, -0.05) is 0 Å². The number of carboxylic acid groups (broad SMARTS) is 3. The predicted molar refractivity (Wildman–Crippen MR) is 108 cm³/mol. The Morgan fingerprint density at radius 3 is 2.12 bits per heavy atom. The summed E-state index contributed by atoms with van der Waals surface area (Å²) in [6.07, 6.45) is 1.00. The lowest BCUT2D eigenvalue weighted by Gasteiger charge is -2.23. The summed E-state index contributed by atoms with van der Waals surface area (Å²) >= 11 is 0. The first-order valence-corrected chi connectivity index (χ1v) is 9.71. The van der Waals surface area contributed by atoms with Crippen molar-refractivity contribution in [1.82, 2.24) is 25.9 Å². The van der Waals surface area contributed by atoms with E-state index >= 15 is 0 Å². The predicted octanol–water partition coefficient (Wildman–Crippen LogP) is -2.82. The lowest BCUT2D eigenvalue weighted by atomic mass is 10.1. The van der Waals surface area contributed by atoms with E-state index in [0.717, 1.165) is 0 Å². The third-order valence-corrected chi connectivity index (χ3v) is 4.36. The first-order chi connectivity index (χ1) is 15.4. The van der Waals surface area contributed by atoms with Crippen LogP contribution in [0.25, 0.3) is 0 Å². The number of carboxylic acids is 3. The quantitative estimate of drug-likeness (QED) is 0.137. The maximum Gasteiger partial charge on any atom is 0.326 e. The molecule has 33 heavy (non-hydrogen) atoms. The summed E-state index contributed by atoms with van der Waals surface area (Å²) in [5.41, 5.74) is 5.84. The van der Waals surface area contributed by atoms with Crippen LogP contribution in [0.4, 0.5) is 0 Å². The van der Waals surface area contributed by atoms with Gasteiger partial charge in [-0.25, -0.2) is 9.78 Å². The smallest absolute Gasteiger partial charge is 0.326 e. The third-order valence-electron chi connectivity index (χ3n) is 4.36. The Labute approximate surface area is 187 Å². The van der Waals surface area contributed by atoms with Gasteiger partial charge in [-0.15, -0.1) is 0 Å². The summed E-state index contributed by atoms with van der Waals surface area (Å²) in [6.45, 7) is 1.24. The molecule has 1 aromatic rings. The van der Waals surface area contributed by atoms with Crippen molar-refractivity contribution in [3.8, 4) is 0 Å². The van der Waals surface area contributed by atoms with Crippen LogP contribution in [-0.2, 0) is 35.2 Å². The first-order valence-electron chi connectivity index (χ1n) is 9.71. The molecule has 0 spiro atoms. The number of aromatic nitrogens is 2. The van der Waals surface area contributed by atoms with Crippen molar-refractivity contribution < 1.29 is 44.1 Å². The highest BCUT2D eigenvalue weighted by Gasteiger charge is 2.29. The van der Waals surface area contributed by atoms with Crippen molar-refractivity contribution in [1.29, 1.82) is 0 Å². The van der Waals surface area contributed by atoms with Gasteiger partial charge in [0, 0.05) is 24.7 Å². The summed E-state index contributed by atoms with van der Waals surface area (Å²) in [6, 6.07) is -5.49. The van der Waals surface area contributed by atoms with Crippen molar-refractivity contribution in [2.24, 2.45) is 5.73 Å². The number of imidazole rings is 1. The van der Waals surface area contributed by atoms with Crippen molar-refractivity contribution in [3.05, 3.63) is 18.2 Å². The molecule has 9 N–H and O–H groups in total. The number of nitrogens with zero attached hydrogens (tertiary/aromatic N) is 1. The summed E-state index contributed by atoms with van der Waals surface area (Å²) < 4.78 is 0. The van der Waals surface area contributed by atoms with E-state index in [4.69, 9.17) is 15.9 Å². The van der Waals surface area contributed by atoms with Crippen LogP contribution >= 0.6 is 0 Å². The molecule has 15 nitrogen and oxygen atoms in total. The molecule has 0 saturated carbocycles. The Morgan fingerprint density at radius 2 is 1.61 bits per heavy atom. The highest BCUT2D eigenvalue weighted by molar-refractivity contribution is 5.94. The second kappa shape index (κ2) is 12.7. The van der Waals surface area contributed by atoms with E-state index in [1.165, 1.54) is 19.4 Å². The molecule has 15 heteroatoms. The monoisotopic (exact) mass is 470 g/mol. The van der Waals surface area contributed by atoms with Gasteiger partial charge in [0.1, 0.15) is 18.1 Å². The number of hydrogen-bond donors (Lipinski definition) is 8. The number of nitrogens with two attached hydrogens (primary N) is 1. The maximum atomic E-state index is 12.6. The second-order valence-corrected chi connectivity index (χ2v) is 7.11. The summed E-state index contributed by atoms with van der Waals surface area (Å²) in [7, 11) is 0. The molecule has 3 amide bonds. The van der Waals surface area contributed by atoms with Gasteiger partial charge in [0.05, 0.1) is 18.8 Å². The Hall–Kier alpha value is -4.01. The highest BCUT2D eigenvalue weighted by Crippen LogP contribution is 2.04. The summed E-state index contributed by atoms with van der Waals surface area (Å²) in [5.74, 6) is -6.69. The minimum atomic E-state index is -1.43. The molecule has 0 aliphatic rings. The first kappa shape index (κ1) is 27.0. The zero-order valence-corrected chi connectivity index (χ0v) is 17.6. The van der Waals surface area contributed by atoms with Gasteiger partial charge in [-0.2, -0.15) is 0 Å². The third kappa shape index (κ3) is 9.77. The van der Waals surface area contributed by atoms with E-state index in [-0.39, 0.29) is 12.8 Å². The number of H-pyrrole nitrogens is 1. The number of carbonyl (C=O) groups excluding carboxylic acids is 3. The van der Waals surface area contributed by atoms with Crippen molar-refractivity contribution in [2.45, 2.75) is 56.8 Å². The van der Waals surface area contributed by atoms with Gasteiger partial charge in [0.15, 0.2) is 0 Å². The number of nitrogens with one attached hydrogen (secondary N) is 4. The molecule has 0 saturated heterocycles. The molecule has 0 radical (unpaired) electrons. The van der Waals surface area contributed by atoms with Crippen LogP contribution in [0, 0.1) is 0 Å². The van der Waals surface area contributed by atoms with Gasteiger partial charge >= 0.3 is 17.9 Å². The van der Waals surface area contributed by atoms with Crippen LogP contribution in [-0.4, -0.2) is 85.1 Å². The molecule has 0 aliphatic heterocycles. The van der Waals surface area contributed by atoms with Crippen LogP contribution in [0.3, 0.4) is 0 Å². The molecule has 0 aliphatic carbocycles. The van der Waals surface area contributed by atoms with Crippen molar-refractivity contribution in [2.75, 3.05) is 0 Å². The SMILES string of the molecule is CC(NC(=O)C(N)CC(=O)O)C(=O)NC(CCC(=O)O)C(=O)NC(Cc1cnc[nH]1)C(=O)O. The molecule has 182 valence electrons. The minimum absolute atomic E-state index is 0.144. The van der Waals surface area contributed by atoms with Gasteiger partial charge in [-0.05, 0) is 13.3 Å². The van der Waals surface area contributed by atoms with Gasteiger partial charge in [0.25, 0.3) is 0 Å². The van der Waals surface area contributed by atoms with E-state index in [1.807, 2.05) is 0 Å². The van der Waals surface area contributed by atoms with Gasteiger partial charge < -0.3 is 42.0 Å². The summed E-state index contributed by atoms with van der Waals surface area (Å²) in [4.78, 5) is 76.5. The number of aliphatic carboxylic acids is 3. The fourth-order valence-electron chi connectivity index (χ4n) is 2.59. The molecular formula is C18H26N6O9. The Bertz CT molecular complexity index is 873. The van der Waals surface area contributed by atoms with E-state index in [2.05, 4.69) is 25.9 Å².